The van der Waals surface area contributed by atoms with Crippen LogP contribution < -0.4 is 0 Å². The Hall–Kier alpha value is -2.13. The second-order valence-electron chi connectivity index (χ2n) is 29.6. The molecule has 0 aromatic heterocycles. The van der Waals surface area contributed by atoms with E-state index in [9.17, 15) is 81.7 Å². The monoisotopic (exact) mass is 1320 g/mol. The summed E-state index contributed by atoms with van der Waals surface area (Å²) in [7, 11) is 0. The van der Waals surface area contributed by atoms with Gasteiger partial charge in [-0.2, -0.15) is 0 Å². The van der Waals surface area contributed by atoms with Crippen molar-refractivity contribution >= 4 is 5.97 Å². The quantitative estimate of drug-likeness (QED) is 0.0455. The molecule has 0 unspecified atom stereocenters. The molecule has 526 valence electrons. The van der Waals surface area contributed by atoms with Crippen LogP contribution in [0, 0.1) is 44.8 Å². The lowest BCUT2D eigenvalue weighted by Gasteiger charge is -2.71. The van der Waals surface area contributed by atoms with Crippen molar-refractivity contribution in [3.05, 3.63) is 23.8 Å². The summed E-state index contributed by atoms with van der Waals surface area (Å²) in [5.41, 5.74) is -0.506. The normalized spacial score (nSPS) is 54.6. The molecule has 36 atom stereocenters. The molecule has 6 saturated heterocycles. The molecule has 6 heterocycles. The van der Waals surface area contributed by atoms with Crippen LogP contribution in [0.1, 0.15) is 113 Å². The topological polar surface area (TPSA) is 452 Å². The number of fused-ring (bicyclic) bond motifs is 7. The molecule has 0 bridgehead atoms. The molecule has 6 aliphatic heterocycles. The first kappa shape index (κ1) is 71.2. The molecule has 0 amide bonds. The SMILES string of the molecule is C=C1CC[C@]2(C(=O)O[C@@H]3O[C@H](CO[C@@H]4O[C@H](CO)[C@@H](O[C@@H]5O[C@@H](C)[C@H](O)[C@@H](O)[C@H]5O)[C@H](O)[C@H]4O)[C@@H](O)[C@H](O)[C@H]3O)CC[C@]3(C)C(=CC[C@@H]4[C@@]5(C)CC[C@H](O[C@@H]6OC[C@H](O)[C@H](O[C@@H]7OC[C@H](O)[C@H](O)[C@H]7O)[C@H]6O[C@@H]6O[C@@H](C)[C@H](O)[C@@H](O)[C@H]6O)C(C)(C)[C@@H]5CC[C@]43C)[C@@H]2C1. The molecular formula is C63H100O29. The first-order valence-electron chi connectivity index (χ1n) is 32.7. The Morgan fingerprint density at radius 3 is 1.76 bits per heavy atom. The Bertz CT molecular complexity index is 2620. The van der Waals surface area contributed by atoms with Gasteiger partial charge in [-0.25, -0.2) is 0 Å². The molecule has 0 spiro atoms. The number of carbonyl (C=O) groups is 1. The van der Waals surface area contributed by atoms with Crippen molar-refractivity contribution in [2.24, 2.45) is 44.8 Å². The number of carbonyl (C=O) groups excluding carboxylic acids is 1. The molecular weight excluding hydrogens is 1220 g/mol. The maximum Gasteiger partial charge on any atom is 0.315 e. The molecule has 11 rings (SSSR count). The maximum absolute atomic E-state index is 15.2. The predicted octanol–water partition coefficient (Wildman–Crippen LogP) is -3.52. The average molecular weight is 1320 g/mol. The molecule has 29 nitrogen and oxygen atoms in total. The average Bonchev–Trinajstić information content (AvgIpc) is 0.678. The molecule has 0 radical (unpaired) electrons. The molecule has 92 heavy (non-hydrogen) atoms. The standard InChI is InChI=1S/C63H100O29/c1-24-11-16-63(58(80)92-56-47(78)42(73)39(70)32(87-56)23-83-52-48(79)43(74)50(31(20-64)86-52)90-54-45(76)40(71)36(67)25(2)84-54)18-17-61(7)27(28(63)19-24)9-10-34-60(6)14-13-35(59(4,5)33(60)12-15-62(34,61)8)88-57-51(91-55-46(77)41(72)37(68)26(3)85-55)49(30(66)22-82-57)89-53-44(75)38(69)29(65)21-81-53/h9,25-26,28-57,64-79H,1,10-23H2,2-8H3/t25-,26-,28-,29-,30-,31+,32+,33-,34+,35-,36-,37-,38-,39+,40+,41+,42-,43+,44+,45+,46+,47+,48+,49-,50+,51+,52+,53-,54-,55-,56-,57-,60-,61+,62+,63-/m0/s1. The van der Waals surface area contributed by atoms with Gasteiger partial charge < -0.3 is 139 Å². The van der Waals surface area contributed by atoms with E-state index in [1.54, 1.807) is 0 Å². The van der Waals surface area contributed by atoms with Gasteiger partial charge in [-0.15, -0.1) is 0 Å². The first-order valence-corrected chi connectivity index (χ1v) is 32.7. The highest BCUT2D eigenvalue weighted by Gasteiger charge is 2.70. The number of rotatable bonds is 14. The number of aliphatic hydroxyl groups excluding tert-OH is 16. The third-order valence-electron chi connectivity index (χ3n) is 24.2. The summed E-state index contributed by atoms with van der Waals surface area (Å²) < 4.78 is 72.1. The zero-order valence-corrected chi connectivity index (χ0v) is 53.1. The van der Waals surface area contributed by atoms with Gasteiger partial charge in [0.1, 0.15) is 122 Å². The van der Waals surface area contributed by atoms with E-state index in [0.717, 1.165) is 30.4 Å². The molecule has 0 aromatic rings. The van der Waals surface area contributed by atoms with Gasteiger partial charge in [0.2, 0.25) is 6.29 Å². The van der Waals surface area contributed by atoms with E-state index >= 15 is 4.79 Å². The van der Waals surface area contributed by atoms with Crippen LogP contribution in [0.25, 0.3) is 0 Å². The van der Waals surface area contributed by atoms with Crippen LogP contribution in [0.4, 0.5) is 0 Å². The molecule has 10 fully saturated rings. The second-order valence-corrected chi connectivity index (χ2v) is 29.6. The maximum atomic E-state index is 15.2. The number of allylic oxidation sites excluding steroid dienone is 3. The summed E-state index contributed by atoms with van der Waals surface area (Å²) >= 11 is 0. The van der Waals surface area contributed by atoms with Crippen molar-refractivity contribution in [1.82, 2.24) is 0 Å². The minimum Gasteiger partial charge on any atom is -0.432 e. The fourth-order valence-corrected chi connectivity index (χ4v) is 18.3. The highest BCUT2D eigenvalue weighted by molar-refractivity contribution is 5.79. The van der Waals surface area contributed by atoms with Crippen LogP contribution in [0.3, 0.4) is 0 Å². The number of esters is 1. The summed E-state index contributed by atoms with van der Waals surface area (Å²) in [4.78, 5) is 15.2. The van der Waals surface area contributed by atoms with Gasteiger partial charge in [-0.1, -0.05) is 58.4 Å². The Balaban J connectivity index is 0.777. The van der Waals surface area contributed by atoms with Crippen molar-refractivity contribution in [3.8, 4) is 0 Å². The van der Waals surface area contributed by atoms with Gasteiger partial charge in [0.25, 0.3) is 0 Å². The Morgan fingerprint density at radius 2 is 1.11 bits per heavy atom. The van der Waals surface area contributed by atoms with Gasteiger partial charge in [-0.3, -0.25) is 4.79 Å². The van der Waals surface area contributed by atoms with E-state index in [1.807, 2.05) is 0 Å². The van der Waals surface area contributed by atoms with Crippen molar-refractivity contribution in [2.45, 2.75) is 291 Å². The highest BCUT2D eigenvalue weighted by atomic mass is 16.8. The number of ether oxygens (including phenoxy) is 12. The first-order chi connectivity index (χ1) is 43.2. The minimum absolute atomic E-state index is 0.0781. The van der Waals surface area contributed by atoms with E-state index < -0.39 is 220 Å². The van der Waals surface area contributed by atoms with E-state index in [1.165, 1.54) is 13.8 Å². The van der Waals surface area contributed by atoms with Crippen LogP contribution in [0.2, 0.25) is 0 Å². The fraction of sp³-hybridized carbons (Fsp3) is 0.921. The lowest BCUT2D eigenvalue weighted by molar-refractivity contribution is -0.383. The lowest BCUT2D eigenvalue weighted by Crippen LogP contribution is -2.66. The Labute approximate surface area is 533 Å². The van der Waals surface area contributed by atoms with Gasteiger partial charge >= 0.3 is 5.97 Å². The third-order valence-corrected chi connectivity index (χ3v) is 24.2. The summed E-state index contributed by atoms with van der Waals surface area (Å²) in [5.74, 6) is -0.783. The number of hydrogen-bond donors (Lipinski definition) is 16. The van der Waals surface area contributed by atoms with Crippen LogP contribution in [-0.4, -0.2) is 292 Å². The van der Waals surface area contributed by atoms with Gasteiger partial charge in [0, 0.05) is 5.92 Å². The van der Waals surface area contributed by atoms with Crippen molar-refractivity contribution in [1.29, 1.82) is 0 Å². The third kappa shape index (κ3) is 12.1. The van der Waals surface area contributed by atoms with Crippen molar-refractivity contribution in [3.63, 3.8) is 0 Å². The minimum atomic E-state index is -1.92. The fourth-order valence-electron chi connectivity index (χ4n) is 18.3. The molecule has 4 saturated carbocycles. The Morgan fingerprint density at radius 1 is 0.543 bits per heavy atom. The molecule has 0 aromatic carbocycles. The lowest BCUT2D eigenvalue weighted by atomic mass is 9.34. The van der Waals surface area contributed by atoms with E-state index in [2.05, 4.69) is 47.3 Å². The predicted molar refractivity (Wildman–Crippen MR) is 309 cm³/mol. The summed E-state index contributed by atoms with van der Waals surface area (Å²) in [6.45, 7) is 16.5. The van der Waals surface area contributed by atoms with Crippen molar-refractivity contribution in [2.75, 3.05) is 26.4 Å². The van der Waals surface area contributed by atoms with E-state index in [-0.39, 0.29) is 35.2 Å². The van der Waals surface area contributed by atoms with Gasteiger partial charge in [0.15, 0.2) is 31.5 Å². The molecule has 11 aliphatic rings. The Kier molecular flexibility index (Phi) is 20.8. The number of aliphatic hydroxyl groups is 16. The second kappa shape index (κ2) is 26.8. The summed E-state index contributed by atoms with van der Waals surface area (Å²) in [6.07, 6.45) is -36.6. The van der Waals surface area contributed by atoms with E-state index in [4.69, 9.17) is 56.8 Å². The zero-order chi connectivity index (χ0) is 66.8. The van der Waals surface area contributed by atoms with E-state index in [0.29, 0.717) is 44.9 Å². The highest BCUT2D eigenvalue weighted by Crippen LogP contribution is 2.76. The summed E-state index contributed by atoms with van der Waals surface area (Å²) in [6, 6.07) is 0. The largest absolute Gasteiger partial charge is 0.432 e. The summed E-state index contributed by atoms with van der Waals surface area (Å²) in [5, 5.41) is 173. The zero-order valence-electron chi connectivity index (χ0n) is 53.1. The number of hydrogen-bond acceptors (Lipinski definition) is 29. The van der Waals surface area contributed by atoms with Crippen LogP contribution >= 0.6 is 0 Å². The smallest absolute Gasteiger partial charge is 0.315 e. The van der Waals surface area contributed by atoms with Crippen molar-refractivity contribution < 1.29 is 143 Å². The van der Waals surface area contributed by atoms with Gasteiger partial charge in [-0.05, 0) is 112 Å². The van der Waals surface area contributed by atoms with Crippen LogP contribution in [0.15, 0.2) is 23.8 Å². The molecule has 16 N–H and O–H groups in total. The van der Waals surface area contributed by atoms with Gasteiger partial charge in [0.05, 0.1) is 50.2 Å². The molecule has 5 aliphatic carbocycles. The molecule has 29 heteroatoms. The van der Waals surface area contributed by atoms with Crippen LogP contribution in [0.5, 0.6) is 0 Å². The van der Waals surface area contributed by atoms with Crippen LogP contribution in [-0.2, 0) is 61.6 Å².